The molecule has 0 aromatic heterocycles. The number of ether oxygens (including phenoxy) is 1. The maximum atomic E-state index is 13.5. The zero-order chi connectivity index (χ0) is 52.2. The van der Waals surface area contributed by atoms with E-state index in [1.807, 2.05) is 33.3 Å². The first-order valence-corrected chi connectivity index (χ1v) is 32.5. The molecule has 0 heterocycles. The SMILES string of the molecule is CCCCCCCCCCCC/C=C/C(OC(=O)CCCCCCCCCCCCCCCCCCCCC)C(COP(=O)([O-])OCC[N+](C)(C)C)NC(=O)CCCCCCCCCCCCCCCC. The first kappa shape index (κ1) is 69.8. The quantitative estimate of drug-likeness (QED) is 0.0212. The summed E-state index contributed by atoms with van der Waals surface area (Å²) in [6.07, 6.45) is 58.8. The average molecular weight is 1030 g/mol. The monoisotopic (exact) mass is 1020 g/mol. The Morgan fingerprint density at radius 1 is 0.479 bits per heavy atom. The van der Waals surface area contributed by atoms with Gasteiger partial charge in [-0.3, -0.25) is 14.2 Å². The number of hydrogen-bond donors (Lipinski definition) is 1. The summed E-state index contributed by atoms with van der Waals surface area (Å²) in [6.45, 7) is 6.89. The fourth-order valence-electron chi connectivity index (χ4n) is 9.41. The van der Waals surface area contributed by atoms with Gasteiger partial charge in [-0.05, 0) is 31.8 Å². The van der Waals surface area contributed by atoms with Gasteiger partial charge in [0.15, 0.2) is 0 Å². The summed E-state index contributed by atoms with van der Waals surface area (Å²) >= 11 is 0. The molecule has 3 unspecified atom stereocenters. The third-order valence-electron chi connectivity index (χ3n) is 14.2. The average Bonchev–Trinajstić information content (AvgIpc) is 3.33. The Morgan fingerprint density at radius 3 is 1.15 bits per heavy atom. The molecule has 0 radical (unpaired) electrons. The van der Waals surface area contributed by atoms with Crippen molar-refractivity contribution < 1.29 is 37.3 Å². The molecule has 422 valence electrons. The Kier molecular flexibility index (Phi) is 51.3. The number of esters is 1. The van der Waals surface area contributed by atoms with E-state index >= 15 is 0 Å². The largest absolute Gasteiger partial charge is 0.756 e. The number of phosphoric acid groups is 1. The summed E-state index contributed by atoms with van der Waals surface area (Å²) in [5.41, 5.74) is 0. The van der Waals surface area contributed by atoms with E-state index in [0.29, 0.717) is 17.4 Å². The van der Waals surface area contributed by atoms with Gasteiger partial charge in [-0.25, -0.2) is 0 Å². The van der Waals surface area contributed by atoms with Crippen molar-refractivity contribution in [2.45, 2.75) is 328 Å². The fraction of sp³-hybridized carbons (Fsp3) is 0.934. The number of carbonyl (C=O) groups excluding carboxylic acids is 2. The summed E-state index contributed by atoms with van der Waals surface area (Å²) < 4.78 is 30.3. The molecule has 3 atom stereocenters. The van der Waals surface area contributed by atoms with Crippen LogP contribution in [0.2, 0.25) is 0 Å². The molecule has 0 rings (SSSR count). The summed E-state index contributed by atoms with van der Waals surface area (Å²) in [7, 11) is 1.21. The van der Waals surface area contributed by atoms with Crippen molar-refractivity contribution in [3.63, 3.8) is 0 Å². The highest BCUT2D eigenvalue weighted by Gasteiger charge is 2.27. The molecular weight excluding hydrogens is 904 g/mol. The maximum absolute atomic E-state index is 13.5. The smallest absolute Gasteiger partial charge is 0.306 e. The maximum Gasteiger partial charge on any atom is 0.306 e. The number of hydrogen-bond acceptors (Lipinski definition) is 7. The number of unbranched alkanes of at least 4 members (excludes halogenated alkanes) is 41. The lowest BCUT2D eigenvalue weighted by atomic mass is 10.0. The number of carbonyl (C=O) groups is 2. The molecule has 0 spiro atoms. The van der Waals surface area contributed by atoms with E-state index < -0.39 is 20.0 Å². The third-order valence-corrected chi connectivity index (χ3v) is 15.2. The van der Waals surface area contributed by atoms with E-state index in [9.17, 15) is 19.0 Å². The van der Waals surface area contributed by atoms with Crippen molar-refractivity contribution in [1.29, 1.82) is 0 Å². The predicted molar refractivity (Wildman–Crippen MR) is 303 cm³/mol. The van der Waals surface area contributed by atoms with Crippen LogP contribution < -0.4 is 10.2 Å². The second kappa shape index (κ2) is 52.2. The first-order chi connectivity index (χ1) is 34.4. The number of amides is 1. The van der Waals surface area contributed by atoms with E-state index in [1.54, 1.807) is 0 Å². The molecule has 1 N–H and O–H groups in total. The molecule has 1 amide bonds. The zero-order valence-corrected chi connectivity index (χ0v) is 49.1. The molecule has 0 fully saturated rings. The van der Waals surface area contributed by atoms with Gasteiger partial charge in [-0.2, -0.15) is 0 Å². The molecule has 0 aliphatic heterocycles. The second-order valence-electron chi connectivity index (χ2n) is 22.6. The standard InChI is InChI=1S/C61H121N2O7P/c1-7-10-13-16-19-22-25-28-30-31-32-33-34-36-39-42-45-48-51-54-61(65)70-59(52-49-46-43-40-37-27-24-21-18-15-12-9-3)58(57-69-71(66,67)68-56-55-63(4,5)6)62-60(64)53-50-47-44-41-38-35-29-26-23-20-17-14-11-8-2/h49,52,58-59H,7-48,50-51,53-57H2,1-6H3,(H-,62,64,66,67)/b52-49+. The molecule has 71 heavy (non-hydrogen) atoms. The van der Waals surface area contributed by atoms with E-state index in [-0.39, 0.29) is 31.5 Å². The number of nitrogens with zero attached hydrogens (tertiary/aromatic N) is 1. The Hall–Kier alpha value is -1.25. The number of likely N-dealkylation sites (N-methyl/N-ethyl adjacent to an activating group) is 1. The Labute approximate surface area is 441 Å². The van der Waals surface area contributed by atoms with E-state index in [4.69, 9.17) is 13.8 Å². The molecule has 0 aliphatic carbocycles. The lowest BCUT2D eigenvalue weighted by molar-refractivity contribution is -0.870. The Balaban J connectivity index is 5.20. The van der Waals surface area contributed by atoms with Crippen molar-refractivity contribution in [3.05, 3.63) is 12.2 Å². The van der Waals surface area contributed by atoms with Crippen molar-refractivity contribution in [3.8, 4) is 0 Å². The van der Waals surface area contributed by atoms with Crippen LogP contribution in [0, 0.1) is 0 Å². The van der Waals surface area contributed by atoms with Crippen LogP contribution in [0.3, 0.4) is 0 Å². The minimum absolute atomic E-state index is 0.0168. The topological polar surface area (TPSA) is 114 Å². The highest BCUT2D eigenvalue weighted by Crippen LogP contribution is 2.38. The lowest BCUT2D eigenvalue weighted by Crippen LogP contribution is -2.47. The van der Waals surface area contributed by atoms with Gasteiger partial charge in [0.1, 0.15) is 19.3 Å². The molecule has 0 saturated carbocycles. The van der Waals surface area contributed by atoms with Crippen LogP contribution in [-0.4, -0.2) is 69.4 Å². The number of phosphoric ester groups is 1. The van der Waals surface area contributed by atoms with Crippen LogP contribution in [0.4, 0.5) is 0 Å². The second-order valence-corrected chi connectivity index (χ2v) is 24.0. The van der Waals surface area contributed by atoms with Crippen LogP contribution in [0.1, 0.15) is 316 Å². The molecule has 9 nitrogen and oxygen atoms in total. The normalized spacial score (nSPS) is 13.7. The molecular formula is C61H121N2O7P. The van der Waals surface area contributed by atoms with Crippen LogP contribution >= 0.6 is 7.82 Å². The van der Waals surface area contributed by atoms with Crippen molar-refractivity contribution in [2.24, 2.45) is 0 Å². The van der Waals surface area contributed by atoms with Crippen LogP contribution in [0.5, 0.6) is 0 Å². The predicted octanol–water partition coefficient (Wildman–Crippen LogP) is 18.2. The van der Waals surface area contributed by atoms with Gasteiger partial charge < -0.3 is 28.5 Å². The highest BCUT2D eigenvalue weighted by atomic mass is 31.2. The van der Waals surface area contributed by atoms with Crippen molar-refractivity contribution in [2.75, 3.05) is 40.9 Å². The van der Waals surface area contributed by atoms with E-state index in [2.05, 4.69) is 26.1 Å². The summed E-state index contributed by atoms with van der Waals surface area (Å²) in [5, 5.41) is 3.03. The van der Waals surface area contributed by atoms with E-state index in [1.165, 1.54) is 225 Å². The minimum Gasteiger partial charge on any atom is -0.756 e. The lowest BCUT2D eigenvalue weighted by Gasteiger charge is -2.30. The Bertz CT molecular complexity index is 1230. The van der Waals surface area contributed by atoms with Crippen molar-refractivity contribution >= 4 is 19.7 Å². The summed E-state index contributed by atoms with van der Waals surface area (Å²) in [6, 6.07) is -0.878. The van der Waals surface area contributed by atoms with Crippen LogP contribution in [0.15, 0.2) is 12.2 Å². The highest BCUT2D eigenvalue weighted by molar-refractivity contribution is 7.45. The molecule has 10 heteroatoms. The molecule has 0 bridgehead atoms. The molecule has 0 aromatic carbocycles. The number of rotatable bonds is 57. The summed E-state index contributed by atoms with van der Waals surface area (Å²) in [4.78, 5) is 39.9. The van der Waals surface area contributed by atoms with Gasteiger partial charge in [0, 0.05) is 12.8 Å². The van der Waals surface area contributed by atoms with Gasteiger partial charge in [-0.1, -0.05) is 284 Å². The van der Waals surface area contributed by atoms with Gasteiger partial charge in [0.25, 0.3) is 7.82 Å². The van der Waals surface area contributed by atoms with Gasteiger partial charge in [0.2, 0.25) is 5.91 Å². The molecule has 0 saturated heterocycles. The van der Waals surface area contributed by atoms with Gasteiger partial charge >= 0.3 is 5.97 Å². The third kappa shape index (κ3) is 53.4. The summed E-state index contributed by atoms with van der Waals surface area (Å²) in [5.74, 6) is -0.520. The number of nitrogens with one attached hydrogen (secondary N) is 1. The Morgan fingerprint density at radius 2 is 0.803 bits per heavy atom. The molecule has 0 aromatic rings. The van der Waals surface area contributed by atoms with Crippen molar-refractivity contribution in [1.82, 2.24) is 5.32 Å². The minimum atomic E-state index is -4.69. The number of allylic oxidation sites excluding steroid dienone is 1. The van der Waals surface area contributed by atoms with Crippen LogP contribution in [-0.2, 0) is 27.9 Å². The van der Waals surface area contributed by atoms with Gasteiger partial charge in [0.05, 0.1) is 33.8 Å². The van der Waals surface area contributed by atoms with Crippen LogP contribution in [0.25, 0.3) is 0 Å². The van der Waals surface area contributed by atoms with Gasteiger partial charge in [-0.15, -0.1) is 0 Å². The van der Waals surface area contributed by atoms with E-state index in [0.717, 1.165) is 57.8 Å². The zero-order valence-electron chi connectivity index (χ0n) is 48.2. The first-order valence-electron chi connectivity index (χ1n) is 31.0. The fourth-order valence-corrected chi connectivity index (χ4v) is 10.1. The molecule has 0 aliphatic rings. The number of quaternary nitrogens is 1.